The highest BCUT2D eigenvalue weighted by Crippen LogP contribution is 2.42. The molecule has 22 heteroatoms. The molecular formula is C57H64N9O12P. The maximum Gasteiger partial charge on any atom is 0.396 e. The minimum atomic E-state index is -5.08. The number of imidazole rings is 1. The lowest BCUT2D eigenvalue weighted by molar-refractivity contribution is -0.136. The van der Waals surface area contributed by atoms with Gasteiger partial charge in [0, 0.05) is 49.3 Å². The van der Waals surface area contributed by atoms with Crippen molar-refractivity contribution in [1.29, 1.82) is 0 Å². The van der Waals surface area contributed by atoms with Crippen LogP contribution in [0.3, 0.4) is 0 Å². The quantitative estimate of drug-likeness (QED) is 0.0277. The molecule has 1 unspecified atom stereocenters. The second kappa shape index (κ2) is 23.1. The third kappa shape index (κ3) is 12.2. The Balaban J connectivity index is 0.902. The Morgan fingerprint density at radius 2 is 1.52 bits per heavy atom. The van der Waals surface area contributed by atoms with E-state index in [-0.39, 0.29) is 67.9 Å². The first-order valence-corrected chi connectivity index (χ1v) is 28.3. The Morgan fingerprint density at radius 3 is 2.22 bits per heavy atom. The summed E-state index contributed by atoms with van der Waals surface area (Å²) in [4.78, 5) is 143. The van der Waals surface area contributed by atoms with Crippen molar-refractivity contribution in [2.45, 2.75) is 134 Å². The number of nitrogens with zero attached hydrogens (tertiary/aromatic N) is 3. The number of amides is 7. The molecule has 1 saturated heterocycles. The summed E-state index contributed by atoms with van der Waals surface area (Å²) in [7, 11) is -3.41. The van der Waals surface area contributed by atoms with Gasteiger partial charge in [-0.2, -0.15) is 0 Å². The van der Waals surface area contributed by atoms with Crippen LogP contribution in [0.5, 0.6) is 0 Å². The number of H-pyrrole nitrogens is 1. The average molecular weight is 1100 g/mol. The predicted molar refractivity (Wildman–Crippen MR) is 293 cm³/mol. The normalized spacial score (nSPS) is 17.6. The van der Waals surface area contributed by atoms with Crippen LogP contribution < -0.4 is 37.6 Å². The second-order valence-electron chi connectivity index (χ2n) is 21.2. The van der Waals surface area contributed by atoms with E-state index >= 15 is 0 Å². The van der Waals surface area contributed by atoms with E-state index in [1.165, 1.54) is 38.3 Å². The Kier molecular flexibility index (Phi) is 16.3. The molecule has 3 aliphatic heterocycles. The number of imide groups is 1. The lowest BCUT2D eigenvalue weighted by Gasteiger charge is -2.29. The molecule has 414 valence electrons. The summed E-state index contributed by atoms with van der Waals surface area (Å²) in [6, 6.07) is 18.7. The molecule has 2 aromatic heterocycles. The van der Waals surface area contributed by atoms with Crippen LogP contribution in [0.4, 0.5) is 5.69 Å². The molecule has 21 nitrogen and oxygen atoms in total. The molecule has 0 radical (unpaired) electrons. The number of hydrogen-bond acceptors (Lipinski definition) is 10. The molecule has 4 aromatic carbocycles. The maximum absolute atomic E-state index is 14.9. The Bertz CT molecular complexity index is 3560. The van der Waals surface area contributed by atoms with Gasteiger partial charge in [-0.1, -0.05) is 69.2 Å². The van der Waals surface area contributed by atoms with Crippen molar-refractivity contribution < 1.29 is 52.7 Å². The summed E-state index contributed by atoms with van der Waals surface area (Å²) in [5.74, 6) is -3.60. The van der Waals surface area contributed by atoms with Crippen LogP contribution >= 0.6 is 7.60 Å². The van der Waals surface area contributed by atoms with E-state index < -0.39 is 72.7 Å². The van der Waals surface area contributed by atoms with Crippen LogP contribution in [0.2, 0.25) is 0 Å². The fourth-order valence-corrected chi connectivity index (χ4v) is 11.5. The highest BCUT2D eigenvalue weighted by atomic mass is 31.2. The van der Waals surface area contributed by atoms with E-state index in [1.807, 2.05) is 54.6 Å². The van der Waals surface area contributed by atoms with Gasteiger partial charge in [0.2, 0.25) is 35.4 Å². The number of primary amides is 1. The van der Waals surface area contributed by atoms with Gasteiger partial charge in [-0.3, -0.25) is 62.3 Å². The molecule has 4 atom stereocenters. The Labute approximate surface area is 454 Å². The summed E-state index contributed by atoms with van der Waals surface area (Å²) in [5.41, 5.74) is 11.5. The lowest BCUT2D eigenvalue weighted by atomic mass is 9.95. The number of unbranched alkanes of at least 4 members (excludes halogenated alkanes) is 3. The number of piperidine rings is 1. The molecule has 9 N–H and O–H groups in total. The fourth-order valence-electron chi connectivity index (χ4n) is 11.0. The predicted octanol–water partition coefficient (Wildman–Crippen LogP) is 4.66. The number of anilines is 1. The number of hydrogen-bond donors (Lipinski definition) is 8. The van der Waals surface area contributed by atoms with Gasteiger partial charge in [0.1, 0.15) is 29.9 Å². The second-order valence-corrected chi connectivity index (χ2v) is 22.7. The molecule has 9 rings (SSSR count). The largest absolute Gasteiger partial charge is 0.396 e. The van der Waals surface area contributed by atoms with E-state index in [2.05, 4.69) is 40.1 Å². The maximum atomic E-state index is 14.9. The van der Waals surface area contributed by atoms with Gasteiger partial charge in [-0.25, -0.2) is 4.79 Å². The molecule has 79 heavy (non-hydrogen) atoms. The fraction of sp³-hybridized carbons (Fsp3) is 0.386. The van der Waals surface area contributed by atoms with E-state index in [9.17, 15) is 57.5 Å². The first-order chi connectivity index (χ1) is 37.6. The van der Waals surface area contributed by atoms with Gasteiger partial charge in [0.15, 0.2) is 0 Å². The molecule has 5 heterocycles. The van der Waals surface area contributed by atoms with Crippen molar-refractivity contribution in [1.82, 2.24) is 35.4 Å². The number of nitrogens with one attached hydrogen (secondary N) is 5. The molecule has 0 spiro atoms. The molecule has 0 aliphatic carbocycles. The Morgan fingerprint density at radius 1 is 0.810 bits per heavy atom. The van der Waals surface area contributed by atoms with E-state index in [0.717, 1.165) is 65.5 Å². The first kappa shape index (κ1) is 55.7. The first-order valence-electron chi connectivity index (χ1n) is 26.7. The highest BCUT2D eigenvalue weighted by Gasteiger charge is 2.45. The van der Waals surface area contributed by atoms with E-state index in [0.29, 0.717) is 46.4 Å². The number of rotatable bonds is 21. The molecule has 6 aromatic rings. The lowest BCUT2D eigenvalue weighted by Crippen LogP contribution is -2.57. The van der Waals surface area contributed by atoms with Crippen LogP contribution in [-0.4, -0.2) is 88.9 Å². The van der Waals surface area contributed by atoms with Crippen molar-refractivity contribution in [3.05, 3.63) is 134 Å². The van der Waals surface area contributed by atoms with Crippen LogP contribution in [-0.2, 0) is 72.6 Å². The van der Waals surface area contributed by atoms with Crippen molar-refractivity contribution >= 4 is 82.1 Å². The topological polar surface area (TPSA) is 314 Å². The standard InChI is InChI=1S/C57H64N9O12P/c1-31(2)35-13-10-33(11-14-35)30-59-51(69)41(19-22-48(58)67)61-54(72)47-29-39-25-34(9-7-5-4-6-8-32-12-20-44-46(26-32)64(3)57(75)65(44)45-21-23-49(68)63-53(45)71)24-36-15-18-42(55(73)66(47)50(36)39)62-52(70)43-28-38-27-37(16-17-40(38)60-43)56(74)79(76,77)78/h10-14,16-17,20,24-28,31,41-42,45,47,60H,4-9,15,18-19,21-23,29-30H2,1-3H3,(H2,58,67)(H,59,69)(H,61,72)(H,62,70)(H,63,68,71)(H2,76,77,78)/t41-,42-,45?,47-/m0/s1. The van der Waals surface area contributed by atoms with Gasteiger partial charge in [0.05, 0.1) is 16.7 Å². The summed E-state index contributed by atoms with van der Waals surface area (Å²) >= 11 is 0. The van der Waals surface area contributed by atoms with E-state index in [1.54, 1.807) is 7.05 Å². The number of nitrogens with two attached hydrogens (primary N) is 1. The van der Waals surface area contributed by atoms with Gasteiger partial charge >= 0.3 is 13.3 Å². The van der Waals surface area contributed by atoms with E-state index in [4.69, 9.17) is 5.73 Å². The van der Waals surface area contributed by atoms with Gasteiger partial charge < -0.3 is 36.5 Å². The molecule has 0 bridgehead atoms. The zero-order chi connectivity index (χ0) is 56.4. The van der Waals surface area contributed by atoms with Gasteiger partial charge in [-0.15, -0.1) is 0 Å². The van der Waals surface area contributed by atoms with Crippen molar-refractivity contribution in [2.75, 3.05) is 4.90 Å². The van der Waals surface area contributed by atoms with Crippen molar-refractivity contribution in [2.24, 2.45) is 12.8 Å². The minimum Gasteiger partial charge on any atom is -0.370 e. The van der Waals surface area contributed by atoms with Crippen molar-refractivity contribution in [3.8, 4) is 0 Å². The van der Waals surface area contributed by atoms with Crippen LogP contribution in [0.1, 0.15) is 138 Å². The zero-order valence-corrected chi connectivity index (χ0v) is 45.0. The number of aromatic nitrogens is 3. The van der Waals surface area contributed by atoms with Crippen LogP contribution in [0, 0.1) is 0 Å². The number of aryl methyl sites for hydroxylation is 4. The molecule has 0 saturated carbocycles. The third-order valence-electron chi connectivity index (χ3n) is 15.3. The molecular weight excluding hydrogens is 1030 g/mol. The number of fused-ring (bicyclic) bond motifs is 2. The number of aromatic amines is 1. The summed E-state index contributed by atoms with van der Waals surface area (Å²) in [5, 5.41) is 11.2. The SMILES string of the molecule is CC(C)c1ccc(CNC(=O)[C@H](CCC(N)=O)NC(=O)[C@@H]2Cc3cc(CCCCCCc4ccc5c(c4)n(C)c(=O)n5C4CCC(=O)NC4=O)cc4c3N2C(=O)[C@@H](NC(=O)c2cc3cc(C(=O)P(=O)(O)O)ccc3[nH]2)CC4)cc1. The average Bonchev–Trinajstić information content (AvgIpc) is 4.18. The van der Waals surface area contributed by atoms with Crippen molar-refractivity contribution in [3.63, 3.8) is 0 Å². The summed E-state index contributed by atoms with van der Waals surface area (Å²) in [6.07, 6.45) is 5.72. The molecule has 7 amide bonds. The number of carbonyl (C=O) groups excluding carboxylic acids is 8. The third-order valence-corrected chi connectivity index (χ3v) is 16.1. The monoisotopic (exact) mass is 1100 g/mol. The summed E-state index contributed by atoms with van der Waals surface area (Å²) < 4.78 is 14.7. The number of benzene rings is 4. The molecule has 3 aliphatic rings. The zero-order valence-electron chi connectivity index (χ0n) is 44.1. The smallest absolute Gasteiger partial charge is 0.370 e. The van der Waals surface area contributed by atoms with Crippen LogP contribution in [0.15, 0.2) is 83.7 Å². The minimum absolute atomic E-state index is 0.0120. The highest BCUT2D eigenvalue weighted by molar-refractivity contribution is 7.70. The Hall–Kier alpha value is -8.00. The van der Waals surface area contributed by atoms with Gasteiger partial charge in [0.25, 0.3) is 11.4 Å². The van der Waals surface area contributed by atoms with Crippen LogP contribution in [0.25, 0.3) is 21.9 Å². The molecule has 1 fully saturated rings. The summed E-state index contributed by atoms with van der Waals surface area (Å²) in [6.45, 7) is 4.31. The number of carbonyl (C=O) groups is 8. The van der Waals surface area contributed by atoms with Gasteiger partial charge in [-0.05, 0) is 127 Å².